The van der Waals surface area contributed by atoms with E-state index in [0.717, 1.165) is 16.7 Å². The predicted molar refractivity (Wildman–Crippen MR) is 95.7 cm³/mol. The first-order chi connectivity index (χ1) is 12.2. The minimum Gasteiger partial charge on any atom is -0.359 e. The third kappa shape index (κ3) is 3.03. The smallest absolute Gasteiger partial charge is 0.255 e. The molecule has 3 N–H and O–H groups in total. The molecule has 126 valence electrons. The fraction of sp³-hybridized carbons (Fsp3) is 0.167. The highest BCUT2D eigenvalue weighted by Gasteiger charge is 2.19. The number of rotatable bonds is 3. The quantitative estimate of drug-likeness (QED) is 0.680. The first kappa shape index (κ1) is 15.2. The van der Waals surface area contributed by atoms with E-state index in [1.54, 1.807) is 18.5 Å². The average Bonchev–Trinajstić information content (AvgIpc) is 3.10. The molecule has 2 heterocycles. The number of aromatic nitrogens is 2. The molecule has 0 spiro atoms. The van der Waals surface area contributed by atoms with Gasteiger partial charge in [0.25, 0.3) is 5.91 Å². The Bertz CT molecular complexity index is 949. The number of aromatic amines is 1. The van der Waals surface area contributed by atoms with Crippen LogP contribution >= 0.6 is 0 Å². The number of para-hydroxylation sites is 2. The van der Waals surface area contributed by atoms with Crippen LogP contribution in [-0.4, -0.2) is 41.4 Å². The lowest BCUT2D eigenvalue weighted by molar-refractivity contribution is -0.120. The maximum Gasteiger partial charge on any atom is 0.255 e. The molecule has 0 aliphatic carbocycles. The van der Waals surface area contributed by atoms with Crippen molar-refractivity contribution in [2.75, 3.05) is 29.9 Å². The Labute approximate surface area is 144 Å². The van der Waals surface area contributed by atoms with Gasteiger partial charge < -0.3 is 20.5 Å². The van der Waals surface area contributed by atoms with Crippen LogP contribution in [0.25, 0.3) is 11.0 Å². The molecular formula is C18H17N5O2. The van der Waals surface area contributed by atoms with Crippen LogP contribution in [0, 0.1) is 0 Å². The van der Waals surface area contributed by atoms with E-state index in [4.69, 9.17) is 0 Å². The Kier molecular flexibility index (Phi) is 3.81. The SMILES string of the molecule is O=C1CN(c2ccccc2NC(=O)c2ccc3nc[nH]c3c2)CCN1. The summed E-state index contributed by atoms with van der Waals surface area (Å²) in [5.74, 6) is -0.220. The number of nitrogens with zero attached hydrogens (tertiary/aromatic N) is 2. The number of imidazole rings is 1. The molecule has 7 nitrogen and oxygen atoms in total. The number of nitrogens with one attached hydrogen (secondary N) is 3. The highest BCUT2D eigenvalue weighted by Crippen LogP contribution is 2.26. The van der Waals surface area contributed by atoms with Gasteiger partial charge in [0.2, 0.25) is 5.91 Å². The van der Waals surface area contributed by atoms with Gasteiger partial charge in [0, 0.05) is 18.7 Å². The van der Waals surface area contributed by atoms with E-state index < -0.39 is 0 Å². The van der Waals surface area contributed by atoms with Crippen LogP contribution < -0.4 is 15.5 Å². The Hall–Kier alpha value is -3.35. The third-order valence-corrected chi connectivity index (χ3v) is 4.21. The summed E-state index contributed by atoms with van der Waals surface area (Å²) in [6, 6.07) is 12.8. The summed E-state index contributed by atoms with van der Waals surface area (Å²) >= 11 is 0. The van der Waals surface area contributed by atoms with E-state index >= 15 is 0 Å². The lowest BCUT2D eigenvalue weighted by Crippen LogP contribution is -2.47. The number of carbonyl (C=O) groups is 2. The van der Waals surface area contributed by atoms with E-state index in [1.807, 2.05) is 35.2 Å². The van der Waals surface area contributed by atoms with Gasteiger partial charge in [-0.2, -0.15) is 0 Å². The summed E-state index contributed by atoms with van der Waals surface area (Å²) in [4.78, 5) is 33.4. The summed E-state index contributed by atoms with van der Waals surface area (Å²) in [5, 5.41) is 5.75. The van der Waals surface area contributed by atoms with Crippen LogP contribution in [-0.2, 0) is 4.79 Å². The lowest BCUT2D eigenvalue weighted by atomic mass is 10.1. The van der Waals surface area contributed by atoms with Crippen molar-refractivity contribution in [2.45, 2.75) is 0 Å². The molecular weight excluding hydrogens is 318 g/mol. The van der Waals surface area contributed by atoms with Crippen LogP contribution in [0.3, 0.4) is 0 Å². The van der Waals surface area contributed by atoms with Crippen molar-refractivity contribution in [3.05, 3.63) is 54.4 Å². The molecule has 2 amide bonds. The standard InChI is InChI=1S/C18H17N5O2/c24-17-10-23(8-7-19-17)16-4-2-1-3-14(16)22-18(25)12-5-6-13-15(9-12)21-11-20-13/h1-6,9,11H,7-8,10H2,(H,19,24)(H,20,21)(H,22,25). The van der Waals surface area contributed by atoms with Gasteiger partial charge in [-0.3, -0.25) is 9.59 Å². The second kappa shape index (κ2) is 6.27. The zero-order valence-electron chi connectivity index (χ0n) is 13.5. The zero-order chi connectivity index (χ0) is 17.2. The van der Waals surface area contributed by atoms with E-state index in [1.165, 1.54) is 0 Å². The maximum absolute atomic E-state index is 12.6. The van der Waals surface area contributed by atoms with Crippen molar-refractivity contribution < 1.29 is 9.59 Å². The largest absolute Gasteiger partial charge is 0.359 e. The van der Waals surface area contributed by atoms with E-state index in [0.29, 0.717) is 24.3 Å². The minimum atomic E-state index is -0.203. The molecule has 0 bridgehead atoms. The summed E-state index contributed by atoms with van der Waals surface area (Å²) in [7, 11) is 0. The number of carbonyl (C=O) groups excluding carboxylic acids is 2. The van der Waals surface area contributed by atoms with E-state index in [-0.39, 0.29) is 18.4 Å². The number of hydrogen-bond acceptors (Lipinski definition) is 4. The van der Waals surface area contributed by atoms with Gasteiger partial charge in [-0.25, -0.2) is 4.98 Å². The van der Waals surface area contributed by atoms with Crippen LogP contribution in [0.5, 0.6) is 0 Å². The Balaban J connectivity index is 1.59. The number of piperazine rings is 1. The second-order valence-corrected chi connectivity index (χ2v) is 5.88. The lowest BCUT2D eigenvalue weighted by Gasteiger charge is -2.30. The number of hydrogen-bond donors (Lipinski definition) is 3. The summed E-state index contributed by atoms with van der Waals surface area (Å²) in [5.41, 5.74) is 3.70. The minimum absolute atomic E-state index is 0.0166. The molecule has 0 radical (unpaired) electrons. The van der Waals surface area contributed by atoms with Crippen molar-refractivity contribution in [2.24, 2.45) is 0 Å². The molecule has 1 aliphatic heterocycles. The molecule has 1 saturated heterocycles. The Morgan fingerprint density at radius 3 is 2.96 bits per heavy atom. The molecule has 7 heteroatoms. The molecule has 3 aromatic rings. The number of amides is 2. The van der Waals surface area contributed by atoms with Gasteiger partial charge in [-0.05, 0) is 30.3 Å². The first-order valence-electron chi connectivity index (χ1n) is 8.06. The van der Waals surface area contributed by atoms with Gasteiger partial charge >= 0.3 is 0 Å². The molecule has 1 aliphatic rings. The molecule has 4 rings (SSSR count). The van der Waals surface area contributed by atoms with Crippen molar-refractivity contribution in [3.8, 4) is 0 Å². The maximum atomic E-state index is 12.6. The first-order valence-corrected chi connectivity index (χ1v) is 8.06. The topological polar surface area (TPSA) is 90.1 Å². The van der Waals surface area contributed by atoms with Crippen LogP contribution in [0.1, 0.15) is 10.4 Å². The van der Waals surface area contributed by atoms with Crippen LogP contribution in [0.15, 0.2) is 48.8 Å². The van der Waals surface area contributed by atoms with Gasteiger partial charge in [-0.1, -0.05) is 12.1 Å². The van der Waals surface area contributed by atoms with Crippen LogP contribution in [0.4, 0.5) is 11.4 Å². The molecule has 0 saturated carbocycles. The molecule has 0 atom stereocenters. The van der Waals surface area contributed by atoms with E-state index in [9.17, 15) is 9.59 Å². The van der Waals surface area contributed by atoms with Gasteiger partial charge in [0.15, 0.2) is 0 Å². The van der Waals surface area contributed by atoms with Crippen molar-refractivity contribution in [1.82, 2.24) is 15.3 Å². The number of anilines is 2. The fourth-order valence-corrected chi connectivity index (χ4v) is 2.97. The molecule has 1 fully saturated rings. The summed E-state index contributed by atoms with van der Waals surface area (Å²) < 4.78 is 0. The van der Waals surface area contributed by atoms with Gasteiger partial charge in [0.05, 0.1) is 35.3 Å². The Morgan fingerprint density at radius 1 is 1.20 bits per heavy atom. The highest BCUT2D eigenvalue weighted by molar-refractivity contribution is 6.07. The van der Waals surface area contributed by atoms with Gasteiger partial charge in [-0.15, -0.1) is 0 Å². The van der Waals surface area contributed by atoms with Crippen molar-refractivity contribution >= 4 is 34.2 Å². The second-order valence-electron chi connectivity index (χ2n) is 5.88. The highest BCUT2D eigenvalue weighted by atomic mass is 16.2. The molecule has 0 unspecified atom stereocenters. The molecule has 25 heavy (non-hydrogen) atoms. The average molecular weight is 335 g/mol. The summed E-state index contributed by atoms with van der Waals surface area (Å²) in [6.45, 7) is 1.59. The third-order valence-electron chi connectivity index (χ3n) is 4.21. The fourth-order valence-electron chi connectivity index (χ4n) is 2.97. The van der Waals surface area contributed by atoms with Gasteiger partial charge in [0.1, 0.15) is 0 Å². The normalized spacial score (nSPS) is 14.4. The van der Waals surface area contributed by atoms with Crippen molar-refractivity contribution in [3.63, 3.8) is 0 Å². The monoisotopic (exact) mass is 335 g/mol. The van der Waals surface area contributed by atoms with Crippen molar-refractivity contribution in [1.29, 1.82) is 0 Å². The van der Waals surface area contributed by atoms with E-state index in [2.05, 4.69) is 20.6 Å². The predicted octanol–water partition coefficient (Wildman–Crippen LogP) is 1.75. The summed E-state index contributed by atoms with van der Waals surface area (Å²) in [6.07, 6.45) is 1.60. The number of fused-ring (bicyclic) bond motifs is 1. The zero-order valence-corrected chi connectivity index (χ0v) is 13.5. The molecule has 2 aromatic carbocycles. The number of H-pyrrole nitrogens is 1. The number of benzene rings is 2. The molecule has 1 aromatic heterocycles. The van der Waals surface area contributed by atoms with Crippen LogP contribution in [0.2, 0.25) is 0 Å². The Morgan fingerprint density at radius 2 is 2.08 bits per heavy atom.